The van der Waals surface area contributed by atoms with Gasteiger partial charge in [-0.2, -0.15) is 10.1 Å². The molecule has 0 fully saturated rings. The van der Waals surface area contributed by atoms with E-state index in [1.54, 1.807) is 47.7 Å². The fraction of sp³-hybridized carbons (Fsp3) is 0.217. The van der Waals surface area contributed by atoms with Gasteiger partial charge in [0.1, 0.15) is 18.9 Å². The summed E-state index contributed by atoms with van der Waals surface area (Å²) < 4.78 is 7.00. The van der Waals surface area contributed by atoms with Gasteiger partial charge in [0.2, 0.25) is 11.9 Å². The minimum atomic E-state index is -0.511. The van der Waals surface area contributed by atoms with E-state index in [0.29, 0.717) is 27.9 Å². The number of allylic oxidation sites excluding steroid dienone is 1. The number of rotatable bonds is 6. The van der Waals surface area contributed by atoms with Crippen molar-refractivity contribution in [1.82, 2.24) is 14.8 Å². The quantitative estimate of drug-likeness (QED) is 0.573. The van der Waals surface area contributed by atoms with Crippen molar-refractivity contribution in [3.63, 3.8) is 0 Å². The van der Waals surface area contributed by atoms with Crippen molar-refractivity contribution in [3.05, 3.63) is 82.8 Å². The van der Waals surface area contributed by atoms with E-state index in [0.717, 1.165) is 5.56 Å². The number of esters is 1. The van der Waals surface area contributed by atoms with Gasteiger partial charge in [-0.05, 0) is 43.7 Å². The summed E-state index contributed by atoms with van der Waals surface area (Å²) in [4.78, 5) is 31.9. The molecule has 0 bridgehead atoms. The highest BCUT2D eigenvalue weighted by Gasteiger charge is 2.38. The first kappa shape index (κ1) is 21.6. The molecule has 0 saturated heterocycles. The van der Waals surface area contributed by atoms with Gasteiger partial charge in [-0.25, -0.2) is 9.48 Å². The van der Waals surface area contributed by atoms with Crippen molar-refractivity contribution >= 4 is 35.1 Å². The second-order valence-corrected chi connectivity index (χ2v) is 7.62. The summed E-state index contributed by atoms with van der Waals surface area (Å²) >= 11 is 5.91. The molecule has 1 N–H and O–H groups in total. The van der Waals surface area contributed by atoms with Crippen LogP contribution in [0, 0.1) is 0 Å². The van der Waals surface area contributed by atoms with Crippen molar-refractivity contribution < 1.29 is 14.3 Å². The van der Waals surface area contributed by atoms with E-state index in [-0.39, 0.29) is 19.1 Å². The van der Waals surface area contributed by atoms with Gasteiger partial charge in [-0.1, -0.05) is 41.9 Å². The average Bonchev–Trinajstić information content (AvgIpc) is 3.27. The van der Waals surface area contributed by atoms with Gasteiger partial charge in [-0.3, -0.25) is 4.79 Å². The number of nitrogens with one attached hydrogen (secondary N) is 1. The zero-order valence-electron chi connectivity index (χ0n) is 17.7. The Morgan fingerprint density at radius 2 is 1.84 bits per heavy atom. The molecule has 3 aromatic rings. The molecule has 1 atom stereocenters. The Morgan fingerprint density at radius 1 is 1.12 bits per heavy atom. The number of nitrogens with zero attached hydrogens (tertiary/aromatic N) is 4. The van der Waals surface area contributed by atoms with E-state index in [4.69, 9.17) is 16.3 Å². The lowest BCUT2D eigenvalue weighted by Crippen LogP contribution is -2.40. The Morgan fingerprint density at radius 3 is 2.53 bits per heavy atom. The molecule has 2 heterocycles. The molecule has 2 aromatic carbocycles. The Bertz CT molecular complexity index is 1160. The fourth-order valence-electron chi connectivity index (χ4n) is 3.71. The van der Waals surface area contributed by atoms with Crippen molar-refractivity contribution in [2.24, 2.45) is 0 Å². The Kier molecular flexibility index (Phi) is 6.23. The number of hydrogen-bond donors (Lipinski definition) is 1. The van der Waals surface area contributed by atoms with Crippen LogP contribution < -0.4 is 10.2 Å². The van der Waals surface area contributed by atoms with Crippen LogP contribution in [0.25, 0.3) is 0 Å². The molecule has 1 aromatic heterocycles. The molecule has 4 rings (SSSR count). The third-order valence-corrected chi connectivity index (χ3v) is 5.40. The number of fused-ring (bicyclic) bond motifs is 1. The highest BCUT2D eigenvalue weighted by atomic mass is 35.5. The van der Waals surface area contributed by atoms with Gasteiger partial charge in [0.15, 0.2) is 0 Å². The fourth-order valence-corrected chi connectivity index (χ4v) is 3.84. The topological polar surface area (TPSA) is 89.3 Å². The molecule has 32 heavy (non-hydrogen) atoms. The van der Waals surface area contributed by atoms with Crippen LogP contribution in [-0.4, -0.2) is 39.8 Å². The molecule has 8 nitrogen and oxygen atoms in total. The second kappa shape index (κ2) is 9.23. The lowest BCUT2D eigenvalue weighted by atomic mass is 9.95. The maximum atomic E-state index is 13.0. The molecular weight excluding hydrogens is 430 g/mol. The number of carbonyl (C=O) groups is 2. The highest BCUT2D eigenvalue weighted by molar-refractivity contribution is 6.30. The Labute approximate surface area is 190 Å². The summed E-state index contributed by atoms with van der Waals surface area (Å²) in [5.74, 6) is -0.263. The zero-order chi connectivity index (χ0) is 22.7. The van der Waals surface area contributed by atoms with Crippen LogP contribution >= 0.6 is 11.6 Å². The van der Waals surface area contributed by atoms with E-state index in [9.17, 15) is 9.59 Å². The number of ether oxygens (including phenoxy) is 1. The molecule has 1 aliphatic rings. The van der Waals surface area contributed by atoms with Crippen LogP contribution in [0.5, 0.6) is 0 Å². The summed E-state index contributed by atoms with van der Waals surface area (Å²) in [6.45, 7) is 3.72. The summed E-state index contributed by atoms with van der Waals surface area (Å²) in [5.41, 5.74) is 2.48. The van der Waals surface area contributed by atoms with E-state index in [1.807, 2.05) is 30.3 Å². The third-order valence-electron chi connectivity index (χ3n) is 5.15. The summed E-state index contributed by atoms with van der Waals surface area (Å²) in [6, 6.07) is 15.9. The van der Waals surface area contributed by atoms with Crippen LogP contribution in [0.3, 0.4) is 0 Å². The van der Waals surface area contributed by atoms with Crippen LogP contribution in [-0.2, 0) is 14.3 Å². The first-order valence-corrected chi connectivity index (χ1v) is 10.5. The number of amides is 1. The first-order chi connectivity index (χ1) is 15.5. The van der Waals surface area contributed by atoms with Gasteiger partial charge in [0.05, 0.1) is 12.2 Å². The van der Waals surface area contributed by atoms with E-state index in [1.165, 1.54) is 6.33 Å². The van der Waals surface area contributed by atoms with Crippen molar-refractivity contribution in [1.29, 1.82) is 0 Å². The van der Waals surface area contributed by atoms with E-state index >= 15 is 0 Å². The van der Waals surface area contributed by atoms with Crippen molar-refractivity contribution in [2.45, 2.75) is 19.9 Å². The van der Waals surface area contributed by atoms with Crippen LogP contribution in [0.4, 0.5) is 11.6 Å². The summed E-state index contributed by atoms with van der Waals surface area (Å²) in [6.07, 6.45) is 1.41. The average molecular weight is 452 g/mol. The van der Waals surface area contributed by atoms with Crippen LogP contribution in [0.15, 0.2) is 72.2 Å². The third kappa shape index (κ3) is 4.22. The molecule has 0 aliphatic carbocycles. The van der Waals surface area contributed by atoms with Gasteiger partial charge in [-0.15, -0.1) is 0 Å². The van der Waals surface area contributed by atoms with E-state index < -0.39 is 12.0 Å². The number of hydrogen-bond acceptors (Lipinski definition) is 6. The van der Waals surface area contributed by atoms with Crippen LogP contribution in [0.1, 0.15) is 25.5 Å². The van der Waals surface area contributed by atoms with Crippen molar-refractivity contribution in [2.75, 3.05) is 23.4 Å². The first-order valence-electron chi connectivity index (χ1n) is 10.1. The monoisotopic (exact) mass is 451 g/mol. The lowest BCUT2D eigenvalue weighted by molar-refractivity contribution is -0.139. The van der Waals surface area contributed by atoms with Crippen molar-refractivity contribution in [3.8, 4) is 0 Å². The highest BCUT2D eigenvalue weighted by Crippen LogP contribution is 2.38. The minimum Gasteiger partial charge on any atom is -0.463 e. The molecule has 0 radical (unpaired) electrons. The molecular formula is C23H22ClN5O3. The SMILES string of the molecule is CCOC(=O)C1=C(C)N(CC(=O)Nc2ccc(Cl)cc2)c2ncnn2[C@@H]1c1ccccc1. The molecule has 0 spiro atoms. The number of benzene rings is 2. The predicted octanol–water partition coefficient (Wildman–Crippen LogP) is 3.82. The predicted molar refractivity (Wildman–Crippen MR) is 121 cm³/mol. The molecule has 0 unspecified atom stereocenters. The standard InChI is InChI=1S/C23H22ClN5O3/c1-3-32-22(31)20-15(2)28(13-19(30)27-18-11-9-17(24)10-12-18)23-25-14-26-29(23)21(20)16-7-5-4-6-8-16/h4-12,14,21H,3,13H2,1-2H3,(H,27,30)/t21-/m1/s1. The lowest BCUT2D eigenvalue weighted by Gasteiger charge is -2.35. The number of aromatic nitrogens is 3. The van der Waals surface area contributed by atoms with E-state index in [2.05, 4.69) is 15.4 Å². The number of carbonyl (C=O) groups excluding carboxylic acids is 2. The minimum absolute atomic E-state index is 0.0580. The number of halogens is 1. The van der Waals surface area contributed by atoms with Gasteiger partial charge in [0.25, 0.3) is 0 Å². The smallest absolute Gasteiger partial charge is 0.338 e. The maximum absolute atomic E-state index is 13.0. The maximum Gasteiger partial charge on any atom is 0.338 e. The molecule has 0 saturated carbocycles. The largest absolute Gasteiger partial charge is 0.463 e. The van der Waals surface area contributed by atoms with Gasteiger partial charge in [0, 0.05) is 16.4 Å². The Balaban J connectivity index is 1.71. The van der Waals surface area contributed by atoms with Crippen LogP contribution in [0.2, 0.25) is 5.02 Å². The van der Waals surface area contributed by atoms with Gasteiger partial charge >= 0.3 is 5.97 Å². The van der Waals surface area contributed by atoms with Gasteiger partial charge < -0.3 is 15.0 Å². The molecule has 1 aliphatic heterocycles. The normalized spacial score (nSPS) is 15.3. The summed E-state index contributed by atoms with van der Waals surface area (Å²) in [5, 5.41) is 7.79. The number of anilines is 2. The molecule has 1 amide bonds. The zero-order valence-corrected chi connectivity index (χ0v) is 18.4. The second-order valence-electron chi connectivity index (χ2n) is 7.18. The summed E-state index contributed by atoms with van der Waals surface area (Å²) in [7, 11) is 0. The molecule has 164 valence electrons. The Hall–Kier alpha value is -3.65. The molecule has 9 heteroatoms.